The Kier molecular flexibility index (Phi) is 8.48. The summed E-state index contributed by atoms with van der Waals surface area (Å²) < 4.78 is 0. The molecule has 0 unspecified atom stereocenters. The molecule has 1 fully saturated rings. The molecular weight excluding hydrogens is 454 g/mol. The zero-order valence-electron chi connectivity index (χ0n) is 18.8. The van der Waals surface area contributed by atoms with Crippen LogP contribution in [0.25, 0.3) is 6.08 Å². The van der Waals surface area contributed by atoms with Crippen molar-refractivity contribution in [2.24, 2.45) is 0 Å². The van der Waals surface area contributed by atoms with Crippen LogP contribution in [-0.2, 0) is 9.59 Å². The number of likely N-dealkylation sites (tertiary alicyclic amines) is 1. The van der Waals surface area contributed by atoms with Gasteiger partial charge in [-0.2, -0.15) is 0 Å². The van der Waals surface area contributed by atoms with Crippen LogP contribution in [0, 0.1) is 0 Å². The molecule has 4 rings (SSSR count). The summed E-state index contributed by atoms with van der Waals surface area (Å²) in [4.78, 5) is 30.8. The van der Waals surface area contributed by atoms with Crippen molar-refractivity contribution in [3.05, 3.63) is 64.0 Å². The summed E-state index contributed by atoms with van der Waals surface area (Å²) in [6, 6.07) is 15.1. The molecule has 174 valence electrons. The van der Waals surface area contributed by atoms with Gasteiger partial charge in [-0.3, -0.25) is 14.5 Å². The number of halogens is 1. The van der Waals surface area contributed by atoms with Crippen molar-refractivity contribution in [2.75, 3.05) is 37.6 Å². The quantitative estimate of drug-likeness (QED) is 0.464. The minimum absolute atomic E-state index is 0.0138. The second kappa shape index (κ2) is 11.7. The molecule has 0 aromatic heterocycles. The van der Waals surface area contributed by atoms with Crippen LogP contribution in [0.3, 0.4) is 0 Å². The Hall–Kier alpha value is -2.28. The molecule has 0 aliphatic carbocycles. The highest BCUT2D eigenvalue weighted by molar-refractivity contribution is 8.04. The molecule has 2 aromatic carbocycles. The van der Waals surface area contributed by atoms with Crippen LogP contribution < -0.4 is 15.1 Å². The van der Waals surface area contributed by atoms with E-state index in [0.29, 0.717) is 16.5 Å². The van der Waals surface area contributed by atoms with Crippen molar-refractivity contribution < 1.29 is 14.5 Å². The molecule has 2 aliphatic heterocycles. The third-order valence-corrected chi connectivity index (χ3v) is 7.43. The minimum Gasteiger partial charge on any atom is -0.354 e. The maximum Gasteiger partial charge on any atom is 0.265 e. The van der Waals surface area contributed by atoms with E-state index in [1.54, 1.807) is 15.9 Å². The first kappa shape index (κ1) is 23.9. The lowest BCUT2D eigenvalue weighted by molar-refractivity contribution is -0.899. The summed E-state index contributed by atoms with van der Waals surface area (Å²) >= 11 is 7.54. The van der Waals surface area contributed by atoms with Gasteiger partial charge < -0.3 is 10.2 Å². The van der Waals surface area contributed by atoms with Gasteiger partial charge in [-0.15, -0.1) is 0 Å². The Morgan fingerprint density at radius 2 is 1.88 bits per heavy atom. The Balaban J connectivity index is 1.39. The van der Waals surface area contributed by atoms with Crippen LogP contribution in [0.4, 0.5) is 5.69 Å². The van der Waals surface area contributed by atoms with Gasteiger partial charge in [-0.1, -0.05) is 47.6 Å². The smallest absolute Gasteiger partial charge is 0.265 e. The predicted octanol–water partition coefficient (Wildman–Crippen LogP) is 3.79. The van der Waals surface area contributed by atoms with E-state index in [1.165, 1.54) is 50.5 Å². The Labute approximate surface area is 205 Å². The number of anilines is 1. The number of quaternary nitrogens is 1. The summed E-state index contributed by atoms with van der Waals surface area (Å²) in [7, 11) is 0. The average Bonchev–Trinajstić information content (AvgIpc) is 3.08. The molecule has 2 aromatic rings. The molecule has 0 bridgehead atoms. The van der Waals surface area contributed by atoms with Crippen LogP contribution >= 0.6 is 23.4 Å². The number of hydrogen-bond acceptors (Lipinski definition) is 3. The van der Waals surface area contributed by atoms with Crippen LogP contribution in [0.2, 0.25) is 5.02 Å². The van der Waals surface area contributed by atoms with Gasteiger partial charge in [0.15, 0.2) is 0 Å². The largest absolute Gasteiger partial charge is 0.354 e. The lowest BCUT2D eigenvalue weighted by Gasteiger charge is -2.29. The lowest BCUT2D eigenvalue weighted by atomic mass is 10.2. The maximum atomic E-state index is 13.3. The predicted molar refractivity (Wildman–Crippen MR) is 136 cm³/mol. The Morgan fingerprint density at radius 1 is 1.09 bits per heavy atom. The van der Waals surface area contributed by atoms with E-state index in [1.807, 2.05) is 48.5 Å². The molecule has 2 heterocycles. The number of benzene rings is 2. The summed E-state index contributed by atoms with van der Waals surface area (Å²) in [6.45, 7) is 4.24. The van der Waals surface area contributed by atoms with Gasteiger partial charge in [-0.25, -0.2) is 0 Å². The highest BCUT2D eigenvalue weighted by Crippen LogP contribution is 2.41. The van der Waals surface area contributed by atoms with Crippen LogP contribution in [-0.4, -0.2) is 44.5 Å². The second-order valence-electron chi connectivity index (χ2n) is 8.64. The fourth-order valence-electron chi connectivity index (χ4n) is 4.41. The zero-order valence-corrected chi connectivity index (χ0v) is 20.4. The van der Waals surface area contributed by atoms with E-state index >= 15 is 0 Å². The van der Waals surface area contributed by atoms with E-state index in [9.17, 15) is 9.59 Å². The highest BCUT2D eigenvalue weighted by atomic mass is 35.5. The lowest BCUT2D eigenvalue weighted by Crippen LogP contribution is -3.11. The van der Waals surface area contributed by atoms with Crippen molar-refractivity contribution in [1.29, 1.82) is 0 Å². The molecular formula is C26H31ClN3O2S+. The van der Waals surface area contributed by atoms with Crippen molar-refractivity contribution in [3.63, 3.8) is 0 Å². The molecule has 7 heteroatoms. The van der Waals surface area contributed by atoms with Gasteiger partial charge in [0.05, 0.1) is 30.2 Å². The molecule has 1 saturated heterocycles. The van der Waals surface area contributed by atoms with Crippen molar-refractivity contribution in [1.82, 2.24) is 5.32 Å². The maximum absolute atomic E-state index is 13.3. The van der Waals surface area contributed by atoms with Crippen molar-refractivity contribution in [3.8, 4) is 0 Å². The number of hydrogen-bond donors (Lipinski definition) is 2. The first-order valence-corrected chi connectivity index (χ1v) is 13.0. The number of thioether (sulfide) groups is 1. The van der Waals surface area contributed by atoms with Crippen LogP contribution in [0.1, 0.15) is 37.7 Å². The first-order valence-electron chi connectivity index (χ1n) is 11.8. The highest BCUT2D eigenvalue weighted by Gasteiger charge is 2.30. The van der Waals surface area contributed by atoms with Gasteiger partial charge in [-0.05, 0) is 61.6 Å². The van der Waals surface area contributed by atoms with Crippen molar-refractivity contribution >= 4 is 46.9 Å². The van der Waals surface area contributed by atoms with E-state index in [-0.39, 0.29) is 18.4 Å². The molecule has 2 aliphatic rings. The van der Waals surface area contributed by atoms with Gasteiger partial charge >= 0.3 is 0 Å². The van der Waals surface area contributed by atoms with Crippen LogP contribution in [0.5, 0.6) is 0 Å². The molecule has 2 amide bonds. The molecule has 5 nitrogen and oxygen atoms in total. The molecule has 0 radical (unpaired) electrons. The standard InChI is InChI=1S/C26H30ClN3O2S/c27-21-10-7-9-20(17-21)18-24-26(32)30(22-11-3-4-12-23(22)33-24)19-25(31)28-13-8-16-29-14-5-1-2-6-15-29/h3-4,7,9-12,17-18H,1-2,5-6,8,13-16,19H2,(H,28,31)/p+1. The molecule has 33 heavy (non-hydrogen) atoms. The molecule has 0 saturated carbocycles. The monoisotopic (exact) mass is 484 g/mol. The summed E-state index contributed by atoms with van der Waals surface area (Å²) in [5, 5.41) is 3.64. The molecule has 0 spiro atoms. The number of carbonyl (C=O) groups excluding carboxylic acids is 2. The number of amides is 2. The zero-order chi connectivity index (χ0) is 23.0. The van der Waals surface area contributed by atoms with Crippen molar-refractivity contribution in [2.45, 2.75) is 37.0 Å². The van der Waals surface area contributed by atoms with E-state index in [2.05, 4.69) is 5.32 Å². The normalized spacial score (nSPS) is 18.2. The number of para-hydroxylation sites is 1. The summed E-state index contributed by atoms with van der Waals surface area (Å²) in [5.74, 6) is -0.291. The number of carbonyl (C=O) groups is 2. The van der Waals surface area contributed by atoms with Gasteiger partial charge in [0.2, 0.25) is 5.91 Å². The SMILES string of the molecule is O=C(CN1C(=O)C(=Cc2cccc(Cl)c2)Sc2ccccc21)NCCC[NH+]1CCCCCC1. The number of fused-ring (bicyclic) bond motifs is 1. The fraction of sp³-hybridized carbons (Fsp3) is 0.385. The second-order valence-corrected chi connectivity index (χ2v) is 10.2. The van der Waals surface area contributed by atoms with Gasteiger partial charge in [0.25, 0.3) is 5.91 Å². The summed E-state index contributed by atoms with van der Waals surface area (Å²) in [5.41, 5.74) is 1.64. The Bertz CT molecular complexity index is 1020. The summed E-state index contributed by atoms with van der Waals surface area (Å²) in [6.07, 6.45) is 8.10. The third-order valence-electron chi connectivity index (χ3n) is 6.12. The number of nitrogens with one attached hydrogen (secondary N) is 2. The molecule has 2 N–H and O–H groups in total. The number of rotatable bonds is 7. The van der Waals surface area contributed by atoms with Crippen LogP contribution in [0.15, 0.2) is 58.3 Å². The third kappa shape index (κ3) is 6.62. The number of nitrogens with zero attached hydrogens (tertiary/aromatic N) is 1. The van der Waals surface area contributed by atoms with E-state index in [4.69, 9.17) is 11.6 Å². The van der Waals surface area contributed by atoms with Gasteiger partial charge in [0, 0.05) is 22.9 Å². The van der Waals surface area contributed by atoms with E-state index < -0.39 is 0 Å². The molecule has 0 atom stereocenters. The average molecular weight is 485 g/mol. The topological polar surface area (TPSA) is 53.9 Å². The van der Waals surface area contributed by atoms with E-state index in [0.717, 1.165) is 29.1 Å². The first-order chi connectivity index (χ1) is 16.1. The van der Waals surface area contributed by atoms with Gasteiger partial charge in [0.1, 0.15) is 6.54 Å². The minimum atomic E-state index is -0.164. The Morgan fingerprint density at radius 3 is 2.67 bits per heavy atom. The fourth-order valence-corrected chi connectivity index (χ4v) is 5.67.